The topological polar surface area (TPSA) is 79.6 Å². The number of alkyl halides is 3. The van der Waals surface area contributed by atoms with Gasteiger partial charge in [-0.1, -0.05) is 24.3 Å². The Morgan fingerprint density at radius 3 is 2.45 bits per heavy atom. The molecular weight excluding hydrogens is 383 g/mol. The van der Waals surface area contributed by atoms with E-state index in [2.05, 4.69) is 25.5 Å². The van der Waals surface area contributed by atoms with Crippen molar-refractivity contribution in [2.45, 2.75) is 31.7 Å². The van der Waals surface area contributed by atoms with E-state index in [0.29, 0.717) is 22.5 Å². The third-order valence-electron chi connectivity index (χ3n) is 4.88. The van der Waals surface area contributed by atoms with Crippen molar-refractivity contribution < 1.29 is 18.0 Å². The largest absolute Gasteiger partial charge is 0.442 e. The average Bonchev–Trinajstić information content (AvgIpc) is 3.49. The van der Waals surface area contributed by atoms with Crippen LogP contribution < -0.4 is 5.32 Å². The maximum atomic E-state index is 13.1. The number of hydrogen-bond donors (Lipinski definition) is 1. The number of halogens is 3. The van der Waals surface area contributed by atoms with Crippen LogP contribution in [0.15, 0.2) is 58.9 Å². The summed E-state index contributed by atoms with van der Waals surface area (Å²) in [6.45, 7) is 3.48. The molecule has 1 aliphatic heterocycles. The molecule has 0 bridgehead atoms. The van der Waals surface area contributed by atoms with Gasteiger partial charge in [-0.3, -0.25) is 4.79 Å². The number of hydrogen-bond acceptors (Lipinski definition) is 5. The van der Waals surface area contributed by atoms with Crippen LogP contribution in [0.3, 0.4) is 0 Å². The van der Waals surface area contributed by atoms with E-state index in [0.717, 1.165) is 5.39 Å². The van der Waals surface area contributed by atoms with Gasteiger partial charge in [-0.15, -0.1) is 10.2 Å². The van der Waals surface area contributed by atoms with Crippen molar-refractivity contribution in [2.24, 2.45) is 10.2 Å². The van der Waals surface area contributed by atoms with Crippen LogP contribution >= 0.6 is 0 Å². The second-order valence-electron chi connectivity index (χ2n) is 6.86. The zero-order valence-corrected chi connectivity index (χ0v) is 15.5. The Labute approximate surface area is 163 Å². The van der Waals surface area contributed by atoms with E-state index in [1.807, 2.05) is 6.07 Å². The Morgan fingerprint density at radius 1 is 1.14 bits per heavy atom. The monoisotopic (exact) mass is 399 g/mol. The molecule has 3 aromatic rings. The van der Waals surface area contributed by atoms with Gasteiger partial charge in [0.2, 0.25) is 0 Å². The molecule has 0 radical (unpaired) electrons. The second kappa shape index (κ2) is 6.61. The molecule has 1 aromatic carbocycles. The maximum absolute atomic E-state index is 13.1. The lowest BCUT2D eigenvalue weighted by Gasteiger charge is -2.18. The van der Waals surface area contributed by atoms with E-state index in [9.17, 15) is 18.0 Å². The van der Waals surface area contributed by atoms with Gasteiger partial charge in [-0.25, -0.2) is 9.97 Å². The average molecular weight is 399 g/mol. The van der Waals surface area contributed by atoms with Crippen molar-refractivity contribution in [3.63, 3.8) is 0 Å². The molecule has 0 saturated heterocycles. The van der Waals surface area contributed by atoms with Crippen LogP contribution in [0, 0.1) is 6.92 Å². The normalized spacial score (nSPS) is 15.9. The molecule has 6 nitrogen and oxygen atoms in total. The minimum absolute atomic E-state index is 0.0469. The molecule has 29 heavy (non-hydrogen) atoms. The van der Waals surface area contributed by atoms with Crippen molar-refractivity contribution in [1.29, 1.82) is 0 Å². The van der Waals surface area contributed by atoms with Crippen LogP contribution in [0.1, 0.15) is 40.1 Å². The summed E-state index contributed by atoms with van der Waals surface area (Å²) in [4.78, 5) is 21.2. The predicted molar refractivity (Wildman–Crippen MR) is 99.2 cm³/mol. The number of nitrogens with zero attached hydrogens (tertiary/aromatic N) is 4. The fourth-order valence-electron chi connectivity index (χ4n) is 3.13. The van der Waals surface area contributed by atoms with Crippen LogP contribution in [-0.4, -0.2) is 22.1 Å². The number of carbonyl (C=O) groups excluding carboxylic acids is 1. The van der Waals surface area contributed by atoms with E-state index in [-0.39, 0.29) is 11.5 Å². The zero-order chi connectivity index (χ0) is 20.8. The third kappa shape index (κ3) is 3.32. The number of nitrogens with one attached hydrogen (secondary N) is 1. The zero-order valence-electron chi connectivity index (χ0n) is 15.5. The minimum atomic E-state index is -4.57. The molecular formula is C20H16F3N5O. The molecule has 0 fully saturated rings. The Morgan fingerprint density at radius 2 is 1.83 bits per heavy atom. The Kier molecular flexibility index (Phi) is 4.33. The summed E-state index contributed by atoms with van der Waals surface area (Å²) in [6, 6.07) is 10.6. The molecule has 1 aliphatic rings. The fourth-order valence-corrected chi connectivity index (χ4v) is 3.13. The van der Waals surface area contributed by atoms with Crippen LogP contribution in [0.25, 0.3) is 11.0 Å². The standard InChI is InChI=1S/C20H16F3N5O/c1-11(13-5-7-15(8-6-13)19(27-28-19)20(21,22)23)26-18(29)16-10-14-4-3-9-24-17(14)25-12(16)2/h3-11H,1-2H3,(H,26,29). The number of aryl methyl sites for hydroxylation is 1. The highest BCUT2D eigenvalue weighted by Crippen LogP contribution is 2.52. The quantitative estimate of drug-likeness (QED) is 0.696. The molecule has 0 saturated carbocycles. The first-order chi connectivity index (χ1) is 13.7. The molecule has 1 atom stereocenters. The molecule has 4 rings (SSSR count). The van der Waals surface area contributed by atoms with Gasteiger partial charge in [0.15, 0.2) is 5.65 Å². The summed E-state index contributed by atoms with van der Waals surface area (Å²) in [5.41, 5.74) is -0.317. The first-order valence-corrected chi connectivity index (χ1v) is 8.86. The van der Waals surface area contributed by atoms with Crippen LogP contribution in [0.2, 0.25) is 0 Å². The molecule has 148 valence electrons. The fraction of sp³-hybridized carbons (Fsp3) is 0.250. The Bertz CT molecular complexity index is 1120. The van der Waals surface area contributed by atoms with Gasteiger partial charge in [-0.05, 0) is 37.6 Å². The minimum Gasteiger partial charge on any atom is -0.345 e. The van der Waals surface area contributed by atoms with Crippen molar-refractivity contribution in [2.75, 3.05) is 0 Å². The summed E-state index contributed by atoms with van der Waals surface area (Å²) in [6.07, 6.45) is -2.94. The number of carbonyl (C=O) groups is 1. The molecule has 1 N–H and O–H groups in total. The highest BCUT2D eigenvalue weighted by atomic mass is 19.4. The predicted octanol–water partition coefficient (Wildman–Crippen LogP) is 4.61. The number of pyridine rings is 2. The van der Waals surface area contributed by atoms with E-state index in [1.54, 1.807) is 32.2 Å². The van der Waals surface area contributed by atoms with Crippen LogP contribution in [0.4, 0.5) is 13.2 Å². The molecule has 1 amide bonds. The molecule has 9 heteroatoms. The van der Waals surface area contributed by atoms with E-state index in [1.165, 1.54) is 24.3 Å². The number of aromatic nitrogens is 2. The van der Waals surface area contributed by atoms with Crippen molar-refractivity contribution >= 4 is 16.9 Å². The van der Waals surface area contributed by atoms with Gasteiger partial charge in [0.1, 0.15) is 0 Å². The number of benzene rings is 1. The molecule has 3 heterocycles. The highest BCUT2D eigenvalue weighted by Gasteiger charge is 2.65. The molecule has 0 aliphatic carbocycles. The van der Waals surface area contributed by atoms with Gasteiger partial charge in [0.05, 0.1) is 17.3 Å². The van der Waals surface area contributed by atoms with E-state index < -0.39 is 17.9 Å². The van der Waals surface area contributed by atoms with E-state index in [4.69, 9.17) is 0 Å². The van der Waals surface area contributed by atoms with Crippen molar-refractivity contribution in [1.82, 2.24) is 15.3 Å². The first kappa shape index (κ1) is 19.0. The lowest BCUT2D eigenvalue weighted by molar-refractivity contribution is -0.166. The summed E-state index contributed by atoms with van der Waals surface area (Å²) in [5, 5.41) is 9.98. The maximum Gasteiger partial charge on any atom is 0.442 e. The van der Waals surface area contributed by atoms with Crippen LogP contribution in [0.5, 0.6) is 0 Å². The smallest absolute Gasteiger partial charge is 0.345 e. The SMILES string of the molecule is Cc1nc2ncccc2cc1C(=O)NC(C)c1ccc(C2(C(F)(F)F)N=N2)cc1. The van der Waals surface area contributed by atoms with E-state index >= 15 is 0 Å². The Hall–Kier alpha value is -3.36. The molecule has 1 unspecified atom stereocenters. The van der Waals surface area contributed by atoms with Gasteiger partial charge in [0.25, 0.3) is 5.91 Å². The molecule has 0 spiro atoms. The van der Waals surface area contributed by atoms with Gasteiger partial charge < -0.3 is 5.32 Å². The summed E-state index contributed by atoms with van der Waals surface area (Å²) < 4.78 is 39.3. The van der Waals surface area contributed by atoms with Gasteiger partial charge in [-0.2, -0.15) is 13.2 Å². The second-order valence-corrected chi connectivity index (χ2v) is 6.86. The summed E-state index contributed by atoms with van der Waals surface area (Å²) >= 11 is 0. The van der Waals surface area contributed by atoms with Crippen molar-refractivity contribution in [3.05, 3.63) is 71.0 Å². The Balaban J connectivity index is 1.52. The third-order valence-corrected chi connectivity index (χ3v) is 4.88. The highest BCUT2D eigenvalue weighted by molar-refractivity contribution is 5.98. The number of amides is 1. The molecule has 2 aromatic heterocycles. The van der Waals surface area contributed by atoms with Gasteiger partial charge in [0, 0.05) is 17.1 Å². The lowest BCUT2D eigenvalue weighted by atomic mass is 9.99. The van der Waals surface area contributed by atoms with Crippen molar-refractivity contribution in [3.8, 4) is 0 Å². The van der Waals surface area contributed by atoms with Crippen LogP contribution in [-0.2, 0) is 5.66 Å². The summed E-state index contributed by atoms with van der Waals surface area (Å²) in [5.74, 6) is -0.323. The number of fused-ring (bicyclic) bond motifs is 1. The first-order valence-electron chi connectivity index (χ1n) is 8.86. The van der Waals surface area contributed by atoms with Gasteiger partial charge >= 0.3 is 11.8 Å². The number of rotatable bonds is 4. The summed E-state index contributed by atoms with van der Waals surface area (Å²) in [7, 11) is 0. The lowest BCUT2D eigenvalue weighted by Crippen LogP contribution is -2.30.